The number of aryl methyl sites for hydroxylation is 1. The number of likely N-dealkylation sites (tertiary alicyclic amines) is 1. The number of aliphatic hydroxyl groups is 1. The van der Waals surface area contributed by atoms with Crippen molar-refractivity contribution < 1.29 is 18.3 Å². The molecule has 1 aliphatic heterocycles. The topological polar surface area (TPSA) is 52.1 Å². The van der Waals surface area contributed by atoms with Crippen LogP contribution >= 0.6 is 0 Å². The van der Waals surface area contributed by atoms with Gasteiger partial charge in [-0.05, 0) is 36.0 Å². The van der Waals surface area contributed by atoms with Crippen LogP contribution < -0.4 is 0 Å². The van der Waals surface area contributed by atoms with Crippen molar-refractivity contribution in [1.29, 1.82) is 0 Å². The summed E-state index contributed by atoms with van der Waals surface area (Å²) in [7, 11) is 0. The van der Waals surface area contributed by atoms with Crippen molar-refractivity contribution in [2.75, 3.05) is 26.4 Å². The van der Waals surface area contributed by atoms with Gasteiger partial charge in [0.15, 0.2) is 5.82 Å². The minimum Gasteiger partial charge on any atom is -0.392 e. The zero-order valence-corrected chi connectivity index (χ0v) is 18.2. The van der Waals surface area contributed by atoms with E-state index in [-0.39, 0.29) is 23.8 Å². The van der Waals surface area contributed by atoms with Gasteiger partial charge in [-0.25, -0.2) is 18.2 Å². The zero-order chi connectivity index (χ0) is 22.5. The third kappa shape index (κ3) is 5.28. The van der Waals surface area contributed by atoms with E-state index in [0.29, 0.717) is 24.1 Å². The molecule has 2 atom stereocenters. The van der Waals surface area contributed by atoms with E-state index in [9.17, 15) is 18.3 Å². The maximum Gasteiger partial charge on any atom is 0.150 e. The molecule has 168 valence electrons. The normalized spacial score (nSPS) is 21.9. The summed E-state index contributed by atoms with van der Waals surface area (Å²) in [6.07, 6.45) is 2.69. The molecule has 1 saturated heterocycles. The van der Waals surface area contributed by atoms with Gasteiger partial charge in [-0.1, -0.05) is 43.7 Å². The molecule has 2 N–H and O–H groups in total. The van der Waals surface area contributed by atoms with E-state index in [4.69, 9.17) is 0 Å². The first-order valence-corrected chi connectivity index (χ1v) is 10.6. The Labute approximate surface area is 181 Å². The van der Waals surface area contributed by atoms with E-state index in [1.807, 2.05) is 56.0 Å². The molecule has 0 saturated carbocycles. The second-order valence-corrected chi connectivity index (χ2v) is 8.45. The Morgan fingerprint density at radius 1 is 1.16 bits per heavy atom. The van der Waals surface area contributed by atoms with Crippen molar-refractivity contribution in [2.24, 2.45) is 11.8 Å². The molecule has 3 aromatic rings. The van der Waals surface area contributed by atoms with E-state index in [1.54, 1.807) is 6.20 Å². The fourth-order valence-electron chi connectivity index (χ4n) is 4.20. The summed E-state index contributed by atoms with van der Waals surface area (Å²) >= 11 is 0. The lowest BCUT2D eigenvalue weighted by molar-refractivity contribution is -0.0300. The molecule has 7 heteroatoms. The van der Waals surface area contributed by atoms with Gasteiger partial charge in [0.2, 0.25) is 0 Å². The second-order valence-electron chi connectivity index (χ2n) is 8.45. The quantitative estimate of drug-likeness (QED) is 0.614. The second kappa shape index (κ2) is 10.3. The molecule has 1 aliphatic rings. The molecule has 4 rings (SSSR count). The van der Waals surface area contributed by atoms with Crippen molar-refractivity contribution >= 4 is 11.0 Å². The average molecular weight is 434 g/mol. The third-order valence-electron chi connectivity index (χ3n) is 5.94. The molecule has 0 spiro atoms. The average Bonchev–Trinajstić information content (AvgIpc) is 3.14. The Balaban J connectivity index is 0.000000180. The van der Waals surface area contributed by atoms with Crippen molar-refractivity contribution in [1.82, 2.24) is 14.9 Å². The van der Waals surface area contributed by atoms with E-state index < -0.39 is 19.4 Å². The molecule has 31 heavy (non-hydrogen) atoms. The van der Waals surface area contributed by atoms with Crippen LogP contribution in [0.5, 0.6) is 0 Å². The Morgan fingerprint density at radius 2 is 1.84 bits per heavy atom. The predicted molar refractivity (Wildman–Crippen MR) is 118 cm³/mol. The summed E-state index contributed by atoms with van der Waals surface area (Å²) in [5.41, 5.74) is 3.62. The van der Waals surface area contributed by atoms with Crippen LogP contribution in [-0.2, 0) is 0 Å². The summed E-state index contributed by atoms with van der Waals surface area (Å²) < 4.78 is 38.6. The van der Waals surface area contributed by atoms with Crippen LogP contribution in [-0.4, -0.2) is 58.6 Å². The number of piperidine rings is 1. The zero-order valence-electron chi connectivity index (χ0n) is 18.2. The highest BCUT2D eigenvalue weighted by Gasteiger charge is 2.33. The number of alkyl halides is 2. The largest absolute Gasteiger partial charge is 0.392 e. The van der Waals surface area contributed by atoms with E-state index >= 15 is 0 Å². The van der Waals surface area contributed by atoms with Gasteiger partial charge in [-0.15, -0.1) is 0 Å². The Bertz CT molecular complexity index is 977. The number of aliphatic hydroxyl groups excluding tert-OH is 1. The number of rotatable bonds is 4. The van der Waals surface area contributed by atoms with Crippen molar-refractivity contribution in [3.05, 3.63) is 54.1 Å². The highest BCUT2D eigenvalue weighted by Crippen LogP contribution is 2.29. The number of pyridine rings is 1. The molecule has 3 heterocycles. The molecule has 2 aromatic heterocycles. The molecular formula is C24H30F3N3O. The lowest BCUT2D eigenvalue weighted by Crippen LogP contribution is -2.52. The lowest BCUT2D eigenvalue weighted by Gasteiger charge is -2.41. The van der Waals surface area contributed by atoms with Crippen molar-refractivity contribution in [3.8, 4) is 11.1 Å². The molecule has 0 bridgehead atoms. The van der Waals surface area contributed by atoms with Crippen LogP contribution in [0.15, 0.2) is 42.7 Å². The van der Waals surface area contributed by atoms with Crippen LogP contribution in [0.3, 0.4) is 0 Å². The number of fused-ring (bicyclic) bond motifs is 1. The molecule has 0 aliphatic carbocycles. The van der Waals surface area contributed by atoms with Crippen LogP contribution in [0.1, 0.15) is 19.4 Å². The van der Waals surface area contributed by atoms with E-state index in [0.717, 1.165) is 16.7 Å². The van der Waals surface area contributed by atoms with E-state index in [2.05, 4.69) is 9.97 Å². The fraction of sp³-hybridized carbons (Fsp3) is 0.458. The predicted octanol–water partition coefficient (Wildman–Crippen LogP) is 4.92. The van der Waals surface area contributed by atoms with Gasteiger partial charge in [0.05, 0.1) is 17.5 Å². The summed E-state index contributed by atoms with van der Waals surface area (Å²) in [6.45, 7) is 5.74. The van der Waals surface area contributed by atoms with Gasteiger partial charge >= 0.3 is 0 Å². The number of hydrogen-bond acceptors (Lipinski definition) is 3. The summed E-state index contributed by atoms with van der Waals surface area (Å²) in [6, 6.07) is 9.24. The Kier molecular flexibility index (Phi) is 7.73. The number of aromatic amines is 1. The third-order valence-corrected chi connectivity index (χ3v) is 5.94. The fourth-order valence-corrected chi connectivity index (χ4v) is 4.20. The molecule has 2 unspecified atom stereocenters. The number of halogens is 3. The minimum absolute atomic E-state index is 0.0966. The van der Waals surface area contributed by atoms with E-state index in [1.165, 1.54) is 6.20 Å². The molecule has 0 radical (unpaired) electrons. The number of H-pyrrole nitrogens is 1. The minimum atomic E-state index is -0.647. The number of benzene rings is 1. The van der Waals surface area contributed by atoms with Crippen molar-refractivity contribution in [3.63, 3.8) is 0 Å². The molecular weight excluding hydrogens is 403 g/mol. The first kappa shape index (κ1) is 23.3. The molecule has 4 nitrogen and oxygen atoms in total. The van der Waals surface area contributed by atoms with Gasteiger partial charge in [-0.2, -0.15) is 0 Å². The maximum absolute atomic E-state index is 13.7. The molecule has 1 fully saturated rings. The SMILES string of the molecule is CC1CN(C(CF)CF)CC(C)C1O.Cc1cccc(-c2ccnc3[nH]cc(F)c23)c1. The van der Waals surface area contributed by atoms with Crippen LogP contribution in [0.25, 0.3) is 22.2 Å². The van der Waals surface area contributed by atoms with Gasteiger partial charge in [0, 0.05) is 25.5 Å². The van der Waals surface area contributed by atoms with Crippen LogP contribution in [0.4, 0.5) is 13.2 Å². The lowest BCUT2D eigenvalue weighted by atomic mass is 9.88. The standard InChI is InChI=1S/C14H11FN2.C10H19F2NO/c1-9-3-2-4-10(7-9)11-5-6-16-14-13(11)12(15)8-17-14;1-7-5-13(9(3-11)4-12)6-8(2)10(7)14/h2-8H,1H3,(H,16,17);7-10,14H,3-6H2,1-2H3. The van der Waals surface area contributed by atoms with Gasteiger partial charge in [-0.3, -0.25) is 4.90 Å². The Morgan fingerprint density at radius 3 is 2.45 bits per heavy atom. The first-order valence-electron chi connectivity index (χ1n) is 10.6. The number of aromatic nitrogens is 2. The maximum atomic E-state index is 13.7. The van der Waals surface area contributed by atoms with Crippen LogP contribution in [0, 0.1) is 24.6 Å². The highest BCUT2D eigenvalue weighted by atomic mass is 19.1. The van der Waals surface area contributed by atoms with Gasteiger partial charge in [0.25, 0.3) is 0 Å². The number of nitrogens with zero attached hydrogens (tertiary/aromatic N) is 2. The molecule has 0 amide bonds. The van der Waals surface area contributed by atoms with Crippen molar-refractivity contribution in [2.45, 2.75) is 32.9 Å². The smallest absolute Gasteiger partial charge is 0.150 e. The summed E-state index contributed by atoms with van der Waals surface area (Å²) in [4.78, 5) is 8.75. The monoisotopic (exact) mass is 433 g/mol. The number of nitrogens with one attached hydrogen (secondary N) is 1. The highest BCUT2D eigenvalue weighted by molar-refractivity contribution is 5.93. The summed E-state index contributed by atoms with van der Waals surface area (Å²) in [5, 5.41) is 10.2. The number of hydrogen-bond donors (Lipinski definition) is 2. The van der Waals surface area contributed by atoms with Gasteiger partial charge in [0.1, 0.15) is 19.0 Å². The molecule has 1 aromatic carbocycles. The van der Waals surface area contributed by atoms with Gasteiger partial charge < -0.3 is 10.1 Å². The van der Waals surface area contributed by atoms with Crippen LogP contribution in [0.2, 0.25) is 0 Å². The Hall–Kier alpha value is -2.38. The summed E-state index contributed by atoms with van der Waals surface area (Å²) in [5.74, 6) is -0.0664. The first-order chi connectivity index (χ1) is 14.8.